The van der Waals surface area contributed by atoms with Gasteiger partial charge in [-0.15, -0.1) is 0 Å². The summed E-state index contributed by atoms with van der Waals surface area (Å²) in [5.41, 5.74) is 0.743. The second kappa shape index (κ2) is 7.53. The number of aliphatic carboxylic acids is 1. The van der Waals surface area contributed by atoms with Crippen LogP contribution in [0.4, 0.5) is 0 Å². The van der Waals surface area contributed by atoms with Gasteiger partial charge in [0.25, 0.3) is 5.91 Å². The molecule has 0 aliphatic heterocycles. The highest BCUT2D eigenvalue weighted by Gasteiger charge is 2.23. The summed E-state index contributed by atoms with van der Waals surface area (Å²) in [6.07, 6.45) is -0.250. The highest BCUT2D eigenvalue weighted by molar-refractivity contribution is 5.83. The molecule has 5 heteroatoms. The molecule has 2 unspecified atom stereocenters. The van der Waals surface area contributed by atoms with E-state index in [1.807, 2.05) is 25.1 Å². The number of carbonyl (C=O) groups excluding carboxylic acids is 1. The van der Waals surface area contributed by atoms with Crippen LogP contribution in [-0.4, -0.2) is 30.1 Å². The van der Waals surface area contributed by atoms with Gasteiger partial charge in [-0.05, 0) is 12.0 Å². The summed E-state index contributed by atoms with van der Waals surface area (Å²) in [5, 5.41) is 11.5. The minimum absolute atomic E-state index is 0.0898. The van der Waals surface area contributed by atoms with Crippen molar-refractivity contribution < 1.29 is 19.4 Å². The van der Waals surface area contributed by atoms with E-state index in [1.165, 1.54) is 7.11 Å². The Bertz CT molecular complexity index is 419. The number of hydrogen-bond acceptors (Lipinski definition) is 3. The topological polar surface area (TPSA) is 75.6 Å². The summed E-state index contributed by atoms with van der Waals surface area (Å²) in [5.74, 6) is -1.25. The average Bonchev–Trinajstić information content (AvgIpc) is 2.39. The van der Waals surface area contributed by atoms with Gasteiger partial charge in [0.2, 0.25) is 0 Å². The molecule has 0 aliphatic carbocycles. The Balaban J connectivity index is 2.71. The van der Waals surface area contributed by atoms with Crippen molar-refractivity contribution in [1.29, 1.82) is 0 Å². The van der Waals surface area contributed by atoms with E-state index in [0.717, 1.165) is 5.56 Å². The molecule has 0 spiro atoms. The first-order chi connectivity index (χ1) is 9.08. The fraction of sp³-hybridized carbons (Fsp3) is 0.429. The van der Waals surface area contributed by atoms with Gasteiger partial charge in [-0.2, -0.15) is 0 Å². The Morgan fingerprint density at radius 3 is 2.42 bits per heavy atom. The number of carbonyl (C=O) groups is 2. The molecule has 2 atom stereocenters. The van der Waals surface area contributed by atoms with Crippen LogP contribution < -0.4 is 5.32 Å². The number of hydrogen-bond donors (Lipinski definition) is 2. The molecule has 0 radical (unpaired) electrons. The van der Waals surface area contributed by atoms with E-state index in [9.17, 15) is 9.59 Å². The lowest BCUT2D eigenvalue weighted by Crippen LogP contribution is -2.39. The molecule has 1 amide bonds. The van der Waals surface area contributed by atoms with E-state index in [0.29, 0.717) is 6.42 Å². The van der Waals surface area contributed by atoms with Crippen LogP contribution in [0.2, 0.25) is 0 Å². The first-order valence-corrected chi connectivity index (χ1v) is 6.18. The molecule has 0 fully saturated rings. The molecule has 1 aromatic carbocycles. The SMILES string of the molecule is CCC(CC(=O)O)NC(=O)C(OC)c1ccccc1. The van der Waals surface area contributed by atoms with Crippen molar-refractivity contribution in [3.63, 3.8) is 0 Å². The minimum Gasteiger partial charge on any atom is -0.481 e. The molecule has 19 heavy (non-hydrogen) atoms. The number of rotatable bonds is 7. The van der Waals surface area contributed by atoms with Gasteiger partial charge in [-0.25, -0.2) is 0 Å². The van der Waals surface area contributed by atoms with Crippen molar-refractivity contribution in [2.24, 2.45) is 0 Å². The van der Waals surface area contributed by atoms with Gasteiger partial charge in [0.1, 0.15) is 0 Å². The quantitative estimate of drug-likeness (QED) is 0.787. The van der Waals surface area contributed by atoms with Gasteiger partial charge in [0, 0.05) is 13.2 Å². The zero-order valence-corrected chi connectivity index (χ0v) is 11.1. The summed E-state index contributed by atoms with van der Waals surface area (Å²) < 4.78 is 5.19. The monoisotopic (exact) mass is 265 g/mol. The molecule has 0 heterocycles. The van der Waals surface area contributed by atoms with E-state index in [1.54, 1.807) is 12.1 Å². The van der Waals surface area contributed by atoms with Crippen molar-refractivity contribution in [3.05, 3.63) is 35.9 Å². The number of nitrogens with one attached hydrogen (secondary N) is 1. The first kappa shape index (κ1) is 15.2. The number of carboxylic acids is 1. The summed E-state index contributed by atoms with van der Waals surface area (Å²) in [7, 11) is 1.45. The Morgan fingerprint density at radius 1 is 1.32 bits per heavy atom. The lowest BCUT2D eigenvalue weighted by Gasteiger charge is -2.20. The fourth-order valence-electron chi connectivity index (χ4n) is 1.81. The largest absolute Gasteiger partial charge is 0.481 e. The Hall–Kier alpha value is -1.88. The van der Waals surface area contributed by atoms with Crippen molar-refractivity contribution in [3.8, 4) is 0 Å². The number of amides is 1. The first-order valence-electron chi connectivity index (χ1n) is 6.18. The van der Waals surface area contributed by atoms with E-state index >= 15 is 0 Å². The molecule has 1 rings (SSSR count). The second-order valence-corrected chi connectivity index (χ2v) is 4.24. The Labute approximate surface area is 112 Å². The molecule has 2 N–H and O–H groups in total. The Kier molecular flexibility index (Phi) is 6.02. The molecule has 0 saturated carbocycles. The van der Waals surface area contributed by atoms with Gasteiger partial charge in [-0.1, -0.05) is 37.3 Å². The maximum absolute atomic E-state index is 12.1. The molecule has 0 bridgehead atoms. The molecule has 1 aromatic rings. The third-order valence-electron chi connectivity index (χ3n) is 2.84. The van der Waals surface area contributed by atoms with Crippen LogP contribution in [0.3, 0.4) is 0 Å². The molecule has 0 saturated heterocycles. The van der Waals surface area contributed by atoms with E-state index in [2.05, 4.69) is 5.32 Å². The molecule has 0 aromatic heterocycles. The number of carboxylic acid groups (broad SMARTS) is 1. The van der Waals surface area contributed by atoms with Crippen molar-refractivity contribution in [2.75, 3.05) is 7.11 Å². The third-order valence-corrected chi connectivity index (χ3v) is 2.84. The molecule has 104 valence electrons. The third kappa shape index (κ3) is 4.71. The summed E-state index contributed by atoms with van der Waals surface area (Å²) in [6.45, 7) is 1.83. The molecule has 5 nitrogen and oxygen atoms in total. The highest BCUT2D eigenvalue weighted by Crippen LogP contribution is 2.16. The second-order valence-electron chi connectivity index (χ2n) is 4.24. The Morgan fingerprint density at radius 2 is 1.95 bits per heavy atom. The zero-order chi connectivity index (χ0) is 14.3. The van der Waals surface area contributed by atoms with Crippen LogP contribution in [0, 0.1) is 0 Å². The van der Waals surface area contributed by atoms with Crippen LogP contribution in [-0.2, 0) is 14.3 Å². The molecule has 0 aliphatic rings. The number of ether oxygens (including phenoxy) is 1. The lowest BCUT2D eigenvalue weighted by molar-refractivity contribution is -0.138. The predicted molar refractivity (Wildman–Crippen MR) is 70.7 cm³/mol. The van der Waals surface area contributed by atoms with E-state index in [4.69, 9.17) is 9.84 Å². The fourth-order valence-corrected chi connectivity index (χ4v) is 1.81. The standard InChI is InChI=1S/C14H19NO4/c1-3-11(9-12(16)17)15-14(18)13(19-2)10-7-5-4-6-8-10/h4-8,11,13H,3,9H2,1-2H3,(H,15,18)(H,16,17). The van der Waals surface area contributed by atoms with Gasteiger partial charge in [-0.3, -0.25) is 9.59 Å². The highest BCUT2D eigenvalue weighted by atomic mass is 16.5. The summed E-state index contributed by atoms with van der Waals surface area (Å²) >= 11 is 0. The minimum atomic E-state index is -0.930. The zero-order valence-electron chi connectivity index (χ0n) is 11.1. The van der Waals surface area contributed by atoms with Crippen LogP contribution >= 0.6 is 0 Å². The summed E-state index contributed by atoms with van der Waals surface area (Å²) in [4.78, 5) is 22.8. The number of methoxy groups -OCH3 is 1. The van der Waals surface area contributed by atoms with Gasteiger partial charge >= 0.3 is 5.97 Å². The van der Waals surface area contributed by atoms with Gasteiger partial charge in [0.15, 0.2) is 6.10 Å². The molecular weight excluding hydrogens is 246 g/mol. The summed E-state index contributed by atoms with van der Waals surface area (Å²) in [6, 6.07) is 8.71. The van der Waals surface area contributed by atoms with E-state index < -0.39 is 12.1 Å². The van der Waals surface area contributed by atoms with Crippen molar-refractivity contribution in [1.82, 2.24) is 5.32 Å². The smallest absolute Gasteiger partial charge is 0.305 e. The van der Waals surface area contributed by atoms with Gasteiger partial charge < -0.3 is 15.2 Å². The maximum Gasteiger partial charge on any atom is 0.305 e. The van der Waals surface area contributed by atoms with Crippen molar-refractivity contribution in [2.45, 2.75) is 31.9 Å². The van der Waals surface area contributed by atoms with Crippen LogP contribution in [0.15, 0.2) is 30.3 Å². The van der Waals surface area contributed by atoms with Crippen LogP contribution in [0.5, 0.6) is 0 Å². The van der Waals surface area contributed by atoms with Gasteiger partial charge in [0.05, 0.1) is 6.42 Å². The van der Waals surface area contributed by atoms with Crippen molar-refractivity contribution >= 4 is 11.9 Å². The normalized spacial score (nSPS) is 13.6. The molecular formula is C14H19NO4. The maximum atomic E-state index is 12.1. The number of benzene rings is 1. The average molecular weight is 265 g/mol. The lowest BCUT2D eigenvalue weighted by atomic mass is 10.1. The van der Waals surface area contributed by atoms with E-state index in [-0.39, 0.29) is 18.4 Å². The van der Waals surface area contributed by atoms with Crippen LogP contribution in [0.1, 0.15) is 31.4 Å². The predicted octanol–water partition coefficient (Wildman–Crippen LogP) is 1.74. The van der Waals surface area contributed by atoms with Crippen LogP contribution in [0.25, 0.3) is 0 Å².